The zero-order valence-electron chi connectivity index (χ0n) is 6.38. The summed E-state index contributed by atoms with van der Waals surface area (Å²) >= 11 is 4.02. The second-order valence-corrected chi connectivity index (χ2v) is 4.44. The van der Waals surface area contributed by atoms with E-state index in [1.165, 1.54) is 17.9 Å². The zero-order valence-corrected chi connectivity index (χ0v) is 8.09. The SMILES string of the molecule is COC(=O)CC(C)(C)SS. The van der Waals surface area contributed by atoms with Crippen LogP contribution in [-0.2, 0) is 9.53 Å². The van der Waals surface area contributed by atoms with E-state index in [0.717, 1.165) is 0 Å². The summed E-state index contributed by atoms with van der Waals surface area (Å²) in [6.07, 6.45) is 0.400. The first-order chi connectivity index (χ1) is 4.52. The van der Waals surface area contributed by atoms with Crippen LogP contribution >= 0.6 is 22.5 Å². The molecule has 0 rings (SSSR count). The first-order valence-electron chi connectivity index (χ1n) is 2.91. The van der Waals surface area contributed by atoms with Gasteiger partial charge in [0, 0.05) is 4.75 Å². The summed E-state index contributed by atoms with van der Waals surface area (Å²) < 4.78 is 4.37. The zero-order chi connectivity index (χ0) is 8.20. The van der Waals surface area contributed by atoms with Gasteiger partial charge in [0.05, 0.1) is 13.5 Å². The highest BCUT2D eigenvalue weighted by Crippen LogP contribution is 2.30. The Bertz CT molecular complexity index is 123. The molecule has 0 saturated heterocycles. The summed E-state index contributed by atoms with van der Waals surface area (Å²) in [5, 5.41) is 0. The average molecular weight is 180 g/mol. The van der Waals surface area contributed by atoms with E-state index < -0.39 is 0 Å². The van der Waals surface area contributed by atoms with Gasteiger partial charge in [-0.15, -0.1) is 11.7 Å². The van der Waals surface area contributed by atoms with Crippen LogP contribution in [0.1, 0.15) is 20.3 Å². The quantitative estimate of drug-likeness (QED) is 0.408. The number of rotatable bonds is 3. The van der Waals surface area contributed by atoms with Gasteiger partial charge in [-0.3, -0.25) is 4.79 Å². The first-order valence-corrected chi connectivity index (χ1v) is 4.78. The molecule has 0 unspecified atom stereocenters. The van der Waals surface area contributed by atoms with Gasteiger partial charge in [0.1, 0.15) is 0 Å². The third-order valence-electron chi connectivity index (χ3n) is 1.04. The first kappa shape index (κ1) is 10.2. The second kappa shape index (κ2) is 4.13. The average Bonchev–Trinajstić information content (AvgIpc) is 1.87. The Morgan fingerprint density at radius 1 is 1.70 bits per heavy atom. The molecule has 0 aromatic carbocycles. The van der Waals surface area contributed by atoms with Crippen LogP contribution in [0, 0.1) is 0 Å². The van der Waals surface area contributed by atoms with Gasteiger partial charge in [-0.25, -0.2) is 0 Å². The fraction of sp³-hybridized carbons (Fsp3) is 0.833. The Balaban J connectivity index is 3.76. The molecule has 0 aliphatic carbocycles. The van der Waals surface area contributed by atoms with Crippen LogP contribution in [0.3, 0.4) is 0 Å². The predicted molar refractivity (Wildman–Crippen MR) is 47.3 cm³/mol. The van der Waals surface area contributed by atoms with E-state index in [-0.39, 0.29) is 10.7 Å². The summed E-state index contributed by atoms with van der Waals surface area (Å²) in [6, 6.07) is 0. The molecule has 0 saturated carbocycles. The van der Waals surface area contributed by atoms with Crippen LogP contribution in [0.5, 0.6) is 0 Å². The minimum absolute atomic E-state index is 0.129. The Kier molecular flexibility index (Phi) is 4.20. The van der Waals surface area contributed by atoms with Gasteiger partial charge in [-0.05, 0) is 13.8 Å². The van der Waals surface area contributed by atoms with Crippen LogP contribution in [0.4, 0.5) is 0 Å². The normalized spacial score (nSPS) is 11.2. The summed E-state index contributed by atoms with van der Waals surface area (Å²) in [5.74, 6) is -0.188. The lowest BCUT2D eigenvalue weighted by Gasteiger charge is -2.18. The molecule has 0 heterocycles. The molecule has 0 aromatic heterocycles. The van der Waals surface area contributed by atoms with Crippen LogP contribution < -0.4 is 0 Å². The number of ether oxygens (including phenoxy) is 1. The molecule has 0 atom stereocenters. The van der Waals surface area contributed by atoms with Crippen molar-refractivity contribution in [2.45, 2.75) is 25.0 Å². The number of carbonyl (C=O) groups excluding carboxylic acids is 1. The number of thiol groups is 1. The number of carbonyl (C=O) groups is 1. The largest absolute Gasteiger partial charge is 0.469 e. The molecule has 0 aliphatic heterocycles. The van der Waals surface area contributed by atoms with Gasteiger partial charge in [0.25, 0.3) is 0 Å². The second-order valence-electron chi connectivity index (χ2n) is 2.60. The molecule has 10 heavy (non-hydrogen) atoms. The maximum Gasteiger partial charge on any atom is 0.306 e. The highest BCUT2D eigenvalue weighted by Gasteiger charge is 2.21. The van der Waals surface area contributed by atoms with E-state index >= 15 is 0 Å². The smallest absolute Gasteiger partial charge is 0.306 e. The van der Waals surface area contributed by atoms with E-state index in [9.17, 15) is 4.79 Å². The molecular weight excluding hydrogens is 168 g/mol. The lowest BCUT2D eigenvalue weighted by Crippen LogP contribution is -2.19. The van der Waals surface area contributed by atoms with Crippen molar-refractivity contribution in [3.05, 3.63) is 0 Å². The Labute approximate surface area is 70.5 Å². The van der Waals surface area contributed by atoms with E-state index in [4.69, 9.17) is 0 Å². The minimum Gasteiger partial charge on any atom is -0.469 e. The molecule has 0 N–H and O–H groups in total. The Morgan fingerprint density at radius 2 is 2.20 bits per heavy atom. The van der Waals surface area contributed by atoms with Gasteiger partial charge < -0.3 is 4.74 Å². The predicted octanol–water partition coefficient (Wildman–Crippen LogP) is 1.91. The summed E-state index contributed by atoms with van der Waals surface area (Å²) in [6.45, 7) is 3.89. The van der Waals surface area contributed by atoms with E-state index in [0.29, 0.717) is 6.42 Å². The number of esters is 1. The molecule has 0 amide bonds. The standard InChI is InChI=1S/C6H12O2S2/c1-6(2,10-9)4-5(7)8-3/h9H,4H2,1-3H3. The Morgan fingerprint density at radius 3 is 2.50 bits per heavy atom. The highest BCUT2D eigenvalue weighted by molar-refractivity contribution is 8.69. The van der Waals surface area contributed by atoms with Crippen molar-refractivity contribution in [3.63, 3.8) is 0 Å². The van der Waals surface area contributed by atoms with Crippen LogP contribution in [0.15, 0.2) is 0 Å². The van der Waals surface area contributed by atoms with Crippen LogP contribution in [0.2, 0.25) is 0 Å². The van der Waals surface area contributed by atoms with Crippen molar-refractivity contribution in [2.75, 3.05) is 7.11 Å². The fourth-order valence-corrected chi connectivity index (χ4v) is 0.828. The lowest BCUT2D eigenvalue weighted by atomic mass is 10.1. The van der Waals surface area contributed by atoms with Gasteiger partial charge >= 0.3 is 5.97 Å². The molecule has 0 radical (unpaired) electrons. The summed E-state index contributed by atoms with van der Waals surface area (Å²) in [7, 11) is 2.75. The molecular formula is C6H12O2S2. The van der Waals surface area contributed by atoms with E-state index in [1.807, 2.05) is 13.8 Å². The van der Waals surface area contributed by atoms with Crippen molar-refractivity contribution in [2.24, 2.45) is 0 Å². The Hall–Kier alpha value is 0.170. The molecule has 0 fully saturated rings. The van der Waals surface area contributed by atoms with Crippen molar-refractivity contribution >= 4 is 28.4 Å². The topological polar surface area (TPSA) is 26.3 Å². The van der Waals surface area contributed by atoms with Crippen molar-refractivity contribution in [1.29, 1.82) is 0 Å². The minimum atomic E-state index is -0.188. The molecule has 0 bridgehead atoms. The molecule has 60 valence electrons. The van der Waals surface area contributed by atoms with Gasteiger partial charge in [-0.2, -0.15) is 0 Å². The van der Waals surface area contributed by atoms with E-state index in [2.05, 4.69) is 16.4 Å². The van der Waals surface area contributed by atoms with Gasteiger partial charge in [0.2, 0.25) is 0 Å². The third kappa shape index (κ3) is 4.06. The monoisotopic (exact) mass is 180 g/mol. The number of methoxy groups -OCH3 is 1. The molecule has 0 spiro atoms. The molecule has 0 aromatic rings. The molecule has 0 aliphatic rings. The van der Waals surface area contributed by atoms with Crippen LogP contribution in [0.25, 0.3) is 0 Å². The third-order valence-corrected chi connectivity index (χ3v) is 3.17. The number of hydrogen-bond acceptors (Lipinski definition) is 4. The summed E-state index contributed by atoms with van der Waals surface area (Å²) in [4.78, 5) is 10.7. The van der Waals surface area contributed by atoms with Gasteiger partial charge in [-0.1, -0.05) is 10.8 Å². The molecule has 2 nitrogen and oxygen atoms in total. The van der Waals surface area contributed by atoms with Gasteiger partial charge in [0.15, 0.2) is 0 Å². The summed E-state index contributed by atoms with van der Waals surface area (Å²) in [5.41, 5.74) is 0. The number of hydrogen-bond donors (Lipinski definition) is 1. The van der Waals surface area contributed by atoms with Crippen molar-refractivity contribution in [1.82, 2.24) is 0 Å². The van der Waals surface area contributed by atoms with E-state index in [1.54, 1.807) is 0 Å². The fourth-order valence-electron chi connectivity index (χ4n) is 0.452. The van der Waals surface area contributed by atoms with Crippen molar-refractivity contribution in [3.8, 4) is 0 Å². The highest BCUT2D eigenvalue weighted by atomic mass is 33.1. The molecule has 4 heteroatoms. The lowest BCUT2D eigenvalue weighted by molar-refractivity contribution is -0.141. The maximum absolute atomic E-state index is 10.7. The maximum atomic E-state index is 10.7. The van der Waals surface area contributed by atoms with Crippen molar-refractivity contribution < 1.29 is 9.53 Å². The van der Waals surface area contributed by atoms with Crippen LogP contribution in [-0.4, -0.2) is 17.8 Å².